The van der Waals surface area contributed by atoms with Crippen molar-refractivity contribution in [2.24, 2.45) is 0 Å². The predicted molar refractivity (Wildman–Crippen MR) is 134 cm³/mol. The van der Waals surface area contributed by atoms with E-state index in [1.165, 1.54) is 24.4 Å². The molecular formula is C23H25ClN4O4S2. The first kappa shape index (κ1) is 24.5. The highest BCUT2D eigenvalue weighted by atomic mass is 35.5. The molecule has 4 rings (SSSR count). The van der Waals surface area contributed by atoms with Gasteiger partial charge in [-0.3, -0.25) is 4.79 Å². The van der Waals surface area contributed by atoms with E-state index in [1.807, 2.05) is 10.8 Å². The molecule has 0 radical (unpaired) electrons. The third kappa shape index (κ3) is 5.71. The van der Waals surface area contributed by atoms with Crippen LogP contribution in [0.4, 0.5) is 11.4 Å². The summed E-state index contributed by atoms with van der Waals surface area (Å²) in [5, 5.41) is 9.92. The highest BCUT2D eigenvalue weighted by molar-refractivity contribution is 8.00. The SMILES string of the molecule is CS(=O)(=O)NC(=O)c1ccc2c(c1)SNc1cc(C#N)c(Cl)cc1N1CCCCC1CCCO2. The topological polar surface area (TPSA) is 112 Å². The summed E-state index contributed by atoms with van der Waals surface area (Å²) in [6, 6.07) is 10.9. The number of piperidine rings is 1. The lowest BCUT2D eigenvalue weighted by molar-refractivity contribution is 0.0981. The normalized spacial score (nSPS) is 18.4. The Labute approximate surface area is 208 Å². The average Bonchev–Trinajstić information content (AvgIpc) is 2.79. The zero-order valence-electron chi connectivity index (χ0n) is 18.6. The molecule has 0 aromatic heterocycles. The van der Waals surface area contributed by atoms with Crippen LogP contribution < -0.4 is 19.1 Å². The van der Waals surface area contributed by atoms with Crippen LogP contribution in [0.25, 0.3) is 0 Å². The second-order valence-corrected chi connectivity index (χ2v) is 11.4. The third-order valence-corrected chi connectivity index (χ3v) is 7.57. The van der Waals surface area contributed by atoms with E-state index < -0.39 is 15.9 Å². The quantitative estimate of drug-likeness (QED) is 0.554. The van der Waals surface area contributed by atoms with Crippen LogP contribution in [-0.2, 0) is 10.0 Å². The van der Waals surface area contributed by atoms with Crippen molar-refractivity contribution in [2.45, 2.75) is 43.0 Å². The fourth-order valence-electron chi connectivity index (χ4n) is 4.27. The zero-order valence-corrected chi connectivity index (χ0v) is 21.0. The summed E-state index contributed by atoms with van der Waals surface area (Å²) in [7, 11) is -3.69. The summed E-state index contributed by atoms with van der Waals surface area (Å²) in [5.74, 6) is -0.127. The molecule has 11 heteroatoms. The molecule has 1 fully saturated rings. The van der Waals surface area contributed by atoms with E-state index in [0.717, 1.165) is 49.9 Å². The summed E-state index contributed by atoms with van der Waals surface area (Å²) in [4.78, 5) is 15.4. The van der Waals surface area contributed by atoms with E-state index in [0.29, 0.717) is 33.9 Å². The van der Waals surface area contributed by atoms with Gasteiger partial charge in [-0.1, -0.05) is 11.6 Å². The van der Waals surface area contributed by atoms with Gasteiger partial charge < -0.3 is 14.4 Å². The van der Waals surface area contributed by atoms with Crippen molar-refractivity contribution >= 4 is 50.9 Å². The molecule has 8 nitrogen and oxygen atoms in total. The highest BCUT2D eigenvalue weighted by Gasteiger charge is 2.26. The first-order chi connectivity index (χ1) is 16.2. The van der Waals surface area contributed by atoms with Gasteiger partial charge in [-0.05, 0) is 74.4 Å². The van der Waals surface area contributed by atoms with Crippen LogP contribution in [0.15, 0.2) is 35.2 Å². The number of anilines is 2. The fourth-order valence-corrected chi connectivity index (χ4v) is 5.72. The number of halogens is 1. The molecule has 2 heterocycles. The number of amides is 1. The third-order valence-electron chi connectivity index (χ3n) is 5.84. The highest BCUT2D eigenvalue weighted by Crippen LogP contribution is 2.40. The molecule has 0 saturated carbocycles. The number of hydrogen-bond acceptors (Lipinski definition) is 8. The predicted octanol–water partition coefficient (Wildman–Crippen LogP) is 4.55. The summed E-state index contributed by atoms with van der Waals surface area (Å²) < 4.78 is 34.3. The number of fused-ring (bicyclic) bond motifs is 4. The first-order valence-corrected chi connectivity index (χ1v) is 14.1. The van der Waals surface area contributed by atoms with Gasteiger partial charge in [0.15, 0.2) is 0 Å². The van der Waals surface area contributed by atoms with E-state index >= 15 is 0 Å². The zero-order chi connectivity index (χ0) is 24.3. The monoisotopic (exact) mass is 520 g/mol. The lowest BCUT2D eigenvalue weighted by atomic mass is 9.96. The van der Waals surface area contributed by atoms with Crippen LogP contribution in [0.2, 0.25) is 5.02 Å². The van der Waals surface area contributed by atoms with Crippen molar-refractivity contribution in [1.82, 2.24) is 4.72 Å². The molecule has 2 N–H and O–H groups in total. The molecule has 1 unspecified atom stereocenters. The molecule has 34 heavy (non-hydrogen) atoms. The number of nitriles is 1. The van der Waals surface area contributed by atoms with Gasteiger partial charge in [0.25, 0.3) is 5.91 Å². The average molecular weight is 521 g/mol. The Balaban J connectivity index is 1.72. The minimum atomic E-state index is -3.69. The van der Waals surface area contributed by atoms with Gasteiger partial charge in [-0.2, -0.15) is 5.26 Å². The van der Waals surface area contributed by atoms with Crippen molar-refractivity contribution in [1.29, 1.82) is 5.26 Å². The van der Waals surface area contributed by atoms with Crippen LogP contribution in [0.5, 0.6) is 5.75 Å². The molecule has 2 aromatic carbocycles. The van der Waals surface area contributed by atoms with Crippen LogP contribution in [0.1, 0.15) is 48.0 Å². The van der Waals surface area contributed by atoms with Crippen LogP contribution >= 0.6 is 23.5 Å². The molecule has 180 valence electrons. The number of nitrogens with one attached hydrogen (secondary N) is 2. The Morgan fingerprint density at radius 1 is 1.26 bits per heavy atom. The Hall–Kier alpha value is -2.61. The number of rotatable bonds is 2. The second kappa shape index (κ2) is 10.3. The van der Waals surface area contributed by atoms with Gasteiger partial charge >= 0.3 is 0 Å². The number of hydrogen-bond donors (Lipinski definition) is 2. The van der Waals surface area contributed by atoms with Crippen molar-refractivity contribution in [3.05, 3.63) is 46.5 Å². The minimum absolute atomic E-state index is 0.194. The van der Waals surface area contributed by atoms with Crippen molar-refractivity contribution in [3.63, 3.8) is 0 Å². The number of sulfonamides is 1. The number of nitrogens with zero attached hydrogens (tertiary/aromatic N) is 2. The molecule has 2 aliphatic heterocycles. The van der Waals surface area contributed by atoms with Gasteiger partial charge in [0.1, 0.15) is 11.8 Å². The Morgan fingerprint density at radius 3 is 2.82 bits per heavy atom. The summed E-state index contributed by atoms with van der Waals surface area (Å²) >= 11 is 7.64. The van der Waals surface area contributed by atoms with E-state index in [-0.39, 0.29) is 5.56 Å². The van der Waals surface area contributed by atoms with E-state index in [1.54, 1.807) is 18.2 Å². The second-order valence-electron chi connectivity index (χ2n) is 8.36. The van der Waals surface area contributed by atoms with Gasteiger partial charge in [0.05, 0.1) is 39.7 Å². The molecule has 2 aliphatic rings. The van der Waals surface area contributed by atoms with Gasteiger partial charge in [-0.25, -0.2) is 13.1 Å². The van der Waals surface area contributed by atoms with Crippen molar-refractivity contribution < 1.29 is 17.9 Å². The summed E-state index contributed by atoms with van der Waals surface area (Å²) in [6.45, 7) is 1.42. The standard InChI is InChI=1S/C23H25ClN4O4S2/c1-34(30,31)27-23(29)15-7-8-21-22(12-15)33-26-19-11-16(14-25)18(24)13-20(19)28-9-3-2-5-17(28)6-4-10-32-21/h7-8,11-13,17,26H,2-6,9-10H2,1H3,(H,27,29). The maximum absolute atomic E-state index is 12.4. The van der Waals surface area contributed by atoms with E-state index in [2.05, 4.69) is 15.7 Å². The van der Waals surface area contributed by atoms with E-state index in [4.69, 9.17) is 16.3 Å². The smallest absolute Gasteiger partial charge is 0.264 e. The Morgan fingerprint density at radius 2 is 2.06 bits per heavy atom. The molecule has 0 aliphatic carbocycles. The molecule has 0 bridgehead atoms. The summed E-state index contributed by atoms with van der Waals surface area (Å²) in [5.41, 5.74) is 2.25. The molecule has 1 saturated heterocycles. The summed E-state index contributed by atoms with van der Waals surface area (Å²) in [6.07, 6.45) is 6.08. The number of benzene rings is 2. The Bertz CT molecular complexity index is 1250. The number of carbonyl (C=O) groups is 1. The molecule has 0 spiro atoms. The van der Waals surface area contributed by atoms with Crippen LogP contribution in [0.3, 0.4) is 0 Å². The lowest BCUT2D eigenvalue weighted by Gasteiger charge is -2.39. The molecular weight excluding hydrogens is 496 g/mol. The fraction of sp³-hybridized carbons (Fsp3) is 0.391. The first-order valence-electron chi connectivity index (χ1n) is 11.0. The van der Waals surface area contributed by atoms with Gasteiger partial charge in [0, 0.05) is 18.2 Å². The van der Waals surface area contributed by atoms with Crippen LogP contribution in [0, 0.1) is 11.3 Å². The van der Waals surface area contributed by atoms with Crippen molar-refractivity contribution in [2.75, 3.05) is 29.0 Å². The maximum Gasteiger partial charge on any atom is 0.264 e. The number of ether oxygens (including phenoxy) is 1. The van der Waals surface area contributed by atoms with Crippen molar-refractivity contribution in [3.8, 4) is 11.8 Å². The van der Waals surface area contributed by atoms with Crippen LogP contribution in [-0.4, -0.2) is 39.8 Å². The molecule has 1 atom stereocenters. The van der Waals surface area contributed by atoms with E-state index in [9.17, 15) is 18.5 Å². The number of carbonyl (C=O) groups excluding carboxylic acids is 1. The molecule has 1 amide bonds. The Kier molecular flexibility index (Phi) is 7.45. The lowest BCUT2D eigenvalue weighted by Crippen LogP contribution is -2.40. The van der Waals surface area contributed by atoms with Gasteiger partial charge in [0.2, 0.25) is 10.0 Å². The largest absolute Gasteiger partial charge is 0.492 e. The molecule has 2 aromatic rings. The maximum atomic E-state index is 12.4. The van der Waals surface area contributed by atoms with Gasteiger partial charge in [-0.15, -0.1) is 0 Å². The minimum Gasteiger partial charge on any atom is -0.492 e.